The van der Waals surface area contributed by atoms with Crippen LogP contribution >= 0.6 is 15.9 Å². The molecule has 1 heterocycles. The maximum Gasteiger partial charge on any atom is 0.138 e. The molecule has 0 spiro atoms. The molecule has 0 saturated heterocycles. The summed E-state index contributed by atoms with van der Waals surface area (Å²) < 4.78 is 13.5. The lowest BCUT2D eigenvalue weighted by Crippen LogP contribution is -2.02. The Morgan fingerprint density at radius 2 is 2.12 bits per heavy atom. The van der Waals surface area contributed by atoms with Crippen molar-refractivity contribution in [1.82, 2.24) is 9.97 Å². The fraction of sp³-hybridized carbons (Fsp3) is 0.0909. The normalized spacial score (nSPS) is 10.3. The van der Waals surface area contributed by atoms with Crippen LogP contribution in [0.3, 0.4) is 0 Å². The predicted octanol–water partition coefficient (Wildman–Crippen LogP) is 3.01. The molecule has 88 valence electrons. The van der Waals surface area contributed by atoms with E-state index < -0.39 is 0 Å². The average molecular weight is 297 g/mol. The first-order valence-corrected chi connectivity index (χ1v) is 5.66. The zero-order valence-corrected chi connectivity index (χ0v) is 10.6. The number of rotatable bonds is 2. The van der Waals surface area contributed by atoms with Crippen molar-refractivity contribution in [3.05, 3.63) is 40.4 Å². The highest BCUT2D eigenvalue weighted by molar-refractivity contribution is 9.10. The van der Waals surface area contributed by atoms with Crippen molar-refractivity contribution < 1.29 is 4.39 Å². The molecule has 0 aliphatic carbocycles. The van der Waals surface area contributed by atoms with Crippen LogP contribution in [-0.2, 0) is 0 Å². The fourth-order valence-corrected chi connectivity index (χ4v) is 1.76. The number of nitrogen functional groups attached to an aromatic ring is 1. The molecule has 0 unspecified atom stereocenters. The van der Waals surface area contributed by atoms with Crippen molar-refractivity contribution >= 4 is 33.3 Å². The Balaban J connectivity index is 2.35. The van der Waals surface area contributed by atoms with E-state index in [1.807, 2.05) is 6.92 Å². The first kappa shape index (κ1) is 11.8. The van der Waals surface area contributed by atoms with Crippen LogP contribution in [0.1, 0.15) is 5.56 Å². The Morgan fingerprint density at radius 1 is 1.35 bits per heavy atom. The lowest BCUT2D eigenvalue weighted by atomic mass is 10.2. The van der Waals surface area contributed by atoms with Crippen LogP contribution in [0, 0.1) is 12.7 Å². The minimum atomic E-state index is -0.304. The molecule has 2 rings (SSSR count). The standard InChI is InChI=1S/C11H10BrFN4/c1-6-10(14)15-5-16-11(6)17-9-3-2-7(13)4-8(9)12/h2-5H,1H3,(H3,14,15,16,17). The number of hydrogen-bond acceptors (Lipinski definition) is 4. The van der Waals surface area contributed by atoms with E-state index in [9.17, 15) is 4.39 Å². The Hall–Kier alpha value is -1.69. The maximum absolute atomic E-state index is 12.9. The molecule has 0 saturated carbocycles. The third kappa shape index (κ3) is 2.52. The SMILES string of the molecule is Cc1c(N)ncnc1Nc1ccc(F)cc1Br. The Kier molecular flexibility index (Phi) is 3.23. The van der Waals surface area contributed by atoms with E-state index in [0.717, 1.165) is 5.56 Å². The zero-order valence-electron chi connectivity index (χ0n) is 9.04. The van der Waals surface area contributed by atoms with Gasteiger partial charge >= 0.3 is 0 Å². The lowest BCUT2D eigenvalue weighted by Gasteiger charge is -2.10. The van der Waals surface area contributed by atoms with Gasteiger partial charge in [0.1, 0.15) is 23.8 Å². The summed E-state index contributed by atoms with van der Waals surface area (Å²) in [6, 6.07) is 4.37. The molecule has 1 aromatic heterocycles. The largest absolute Gasteiger partial charge is 0.383 e. The summed E-state index contributed by atoms with van der Waals surface area (Å²) >= 11 is 3.27. The van der Waals surface area contributed by atoms with Crippen LogP contribution in [0.2, 0.25) is 0 Å². The van der Waals surface area contributed by atoms with Gasteiger partial charge in [-0.3, -0.25) is 0 Å². The highest BCUT2D eigenvalue weighted by Crippen LogP contribution is 2.27. The van der Waals surface area contributed by atoms with Crippen molar-refractivity contribution in [2.24, 2.45) is 0 Å². The lowest BCUT2D eigenvalue weighted by molar-refractivity contribution is 0.627. The first-order chi connectivity index (χ1) is 8.08. The summed E-state index contributed by atoms with van der Waals surface area (Å²) in [5.74, 6) is 0.715. The van der Waals surface area contributed by atoms with E-state index in [4.69, 9.17) is 5.73 Å². The number of hydrogen-bond donors (Lipinski definition) is 2. The van der Waals surface area contributed by atoms with Gasteiger partial charge < -0.3 is 11.1 Å². The smallest absolute Gasteiger partial charge is 0.138 e. The van der Waals surface area contributed by atoms with E-state index in [-0.39, 0.29) is 5.82 Å². The second-order valence-electron chi connectivity index (χ2n) is 3.48. The van der Waals surface area contributed by atoms with Crippen LogP contribution in [0.5, 0.6) is 0 Å². The monoisotopic (exact) mass is 296 g/mol. The number of benzene rings is 1. The molecule has 0 radical (unpaired) electrons. The summed E-state index contributed by atoms with van der Waals surface area (Å²) in [6.07, 6.45) is 1.38. The number of aromatic nitrogens is 2. The van der Waals surface area contributed by atoms with Crippen molar-refractivity contribution in [3.8, 4) is 0 Å². The van der Waals surface area contributed by atoms with Gasteiger partial charge in [0.25, 0.3) is 0 Å². The number of nitrogens with zero attached hydrogens (tertiary/aromatic N) is 2. The molecule has 0 bridgehead atoms. The van der Waals surface area contributed by atoms with Crippen molar-refractivity contribution in [2.75, 3.05) is 11.1 Å². The highest BCUT2D eigenvalue weighted by atomic mass is 79.9. The van der Waals surface area contributed by atoms with Crippen LogP contribution < -0.4 is 11.1 Å². The molecular formula is C11H10BrFN4. The van der Waals surface area contributed by atoms with Gasteiger partial charge in [-0.15, -0.1) is 0 Å². The summed E-state index contributed by atoms with van der Waals surface area (Å²) in [6.45, 7) is 1.81. The molecule has 4 nitrogen and oxygen atoms in total. The molecule has 0 fully saturated rings. The highest BCUT2D eigenvalue weighted by Gasteiger charge is 2.07. The van der Waals surface area contributed by atoms with E-state index in [1.165, 1.54) is 18.5 Å². The van der Waals surface area contributed by atoms with Gasteiger partial charge in [0.15, 0.2) is 0 Å². The number of nitrogens with one attached hydrogen (secondary N) is 1. The van der Waals surface area contributed by atoms with Gasteiger partial charge in [0, 0.05) is 10.0 Å². The van der Waals surface area contributed by atoms with E-state index in [0.29, 0.717) is 21.8 Å². The molecule has 1 aromatic carbocycles. The quantitative estimate of drug-likeness (QED) is 0.894. The van der Waals surface area contributed by atoms with E-state index >= 15 is 0 Å². The minimum Gasteiger partial charge on any atom is -0.383 e. The van der Waals surface area contributed by atoms with Gasteiger partial charge in [0.05, 0.1) is 5.69 Å². The molecule has 17 heavy (non-hydrogen) atoms. The Bertz CT molecular complexity index is 559. The second-order valence-corrected chi connectivity index (χ2v) is 4.34. The van der Waals surface area contributed by atoms with Crippen LogP contribution in [0.4, 0.5) is 21.7 Å². The molecule has 0 atom stereocenters. The Labute approximate surface area is 106 Å². The van der Waals surface area contributed by atoms with Gasteiger partial charge in [-0.2, -0.15) is 0 Å². The first-order valence-electron chi connectivity index (χ1n) is 4.87. The van der Waals surface area contributed by atoms with Crippen LogP contribution in [0.15, 0.2) is 29.0 Å². The van der Waals surface area contributed by atoms with Crippen LogP contribution in [0.25, 0.3) is 0 Å². The number of halogens is 2. The number of nitrogens with two attached hydrogens (primary N) is 1. The van der Waals surface area contributed by atoms with Crippen LogP contribution in [-0.4, -0.2) is 9.97 Å². The third-order valence-electron chi connectivity index (χ3n) is 2.31. The Morgan fingerprint density at radius 3 is 2.82 bits per heavy atom. The van der Waals surface area contributed by atoms with Crippen molar-refractivity contribution in [1.29, 1.82) is 0 Å². The van der Waals surface area contributed by atoms with E-state index in [1.54, 1.807) is 6.07 Å². The summed E-state index contributed by atoms with van der Waals surface area (Å²) in [7, 11) is 0. The van der Waals surface area contributed by atoms with Crippen molar-refractivity contribution in [2.45, 2.75) is 6.92 Å². The molecule has 0 aliphatic heterocycles. The average Bonchev–Trinajstić information content (AvgIpc) is 2.28. The minimum absolute atomic E-state index is 0.304. The van der Waals surface area contributed by atoms with Gasteiger partial charge in [-0.1, -0.05) is 0 Å². The van der Waals surface area contributed by atoms with Gasteiger partial charge in [-0.25, -0.2) is 14.4 Å². The predicted molar refractivity (Wildman–Crippen MR) is 68.6 cm³/mol. The third-order valence-corrected chi connectivity index (χ3v) is 2.96. The van der Waals surface area contributed by atoms with Gasteiger partial charge in [-0.05, 0) is 41.1 Å². The van der Waals surface area contributed by atoms with Gasteiger partial charge in [0.2, 0.25) is 0 Å². The number of anilines is 3. The molecular weight excluding hydrogens is 287 g/mol. The molecule has 0 aliphatic rings. The summed E-state index contributed by atoms with van der Waals surface area (Å²) in [5.41, 5.74) is 7.14. The molecule has 2 aromatic rings. The topological polar surface area (TPSA) is 63.8 Å². The van der Waals surface area contributed by atoms with E-state index in [2.05, 4.69) is 31.2 Å². The molecule has 3 N–H and O–H groups in total. The summed E-state index contributed by atoms with van der Waals surface area (Å²) in [4.78, 5) is 7.95. The zero-order chi connectivity index (χ0) is 12.4. The maximum atomic E-state index is 12.9. The fourth-order valence-electron chi connectivity index (χ4n) is 1.31. The second kappa shape index (κ2) is 4.67. The summed E-state index contributed by atoms with van der Waals surface area (Å²) in [5, 5.41) is 3.06. The molecule has 0 amide bonds. The molecule has 6 heteroatoms. The van der Waals surface area contributed by atoms with Crippen molar-refractivity contribution in [3.63, 3.8) is 0 Å².